The predicted molar refractivity (Wildman–Crippen MR) is 52.9 cm³/mol. The van der Waals surface area contributed by atoms with Crippen LogP contribution < -0.4 is 5.32 Å². The van der Waals surface area contributed by atoms with Crippen molar-refractivity contribution >= 4 is 0 Å². The van der Waals surface area contributed by atoms with E-state index in [4.69, 9.17) is 4.74 Å². The van der Waals surface area contributed by atoms with E-state index in [2.05, 4.69) is 17.3 Å². The lowest BCUT2D eigenvalue weighted by Gasteiger charge is -2.37. The summed E-state index contributed by atoms with van der Waals surface area (Å²) in [6.45, 7) is 4.02. The van der Waals surface area contributed by atoms with Crippen LogP contribution in [0.25, 0.3) is 0 Å². The van der Waals surface area contributed by atoms with E-state index in [1.807, 2.05) is 0 Å². The first-order chi connectivity index (χ1) is 6.36. The fourth-order valence-corrected chi connectivity index (χ4v) is 2.03. The molecule has 1 saturated heterocycles. The first-order valence-corrected chi connectivity index (χ1v) is 5.39. The fraction of sp³-hybridized carbons (Fsp3) is 1.00. The van der Waals surface area contributed by atoms with Crippen molar-refractivity contribution in [3.63, 3.8) is 0 Å². The van der Waals surface area contributed by atoms with E-state index in [0.717, 1.165) is 32.3 Å². The SMILES string of the molecule is CN(CC1CNCCO1)C1CCC1. The monoisotopic (exact) mass is 184 g/mol. The molecule has 0 aromatic rings. The highest BCUT2D eigenvalue weighted by atomic mass is 16.5. The van der Waals surface area contributed by atoms with Crippen molar-refractivity contribution < 1.29 is 4.74 Å². The first-order valence-electron chi connectivity index (χ1n) is 5.39. The summed E-state index contributed by atoms with van der Waals surface area (Å²) in [5.74, 6) is 0. The molecule has 1 aliphatic carbocycles. The van der Waals surface area contributed by atoms with Crippen LogP contribution in [0, 0.1) is 0 Å². The van der Waals surface area contributed by atoms with Gasteiger partial charge in [-0.25, -0.2) is 0 Å². The van der Waals surface area contributed by atoms with Gasteiger partial charge in [-0.1, -0.05) is 6.42 Å². The molecule has 2 rings (SSSR count). The van der Waals surface area contributed by atoms with E-state index in [1.54, 1.807) is 0 Å². The van der Waals surface area contributed by atoms with Gasteiger partial charge in [0.25, 0.3) is 0 Å². The Morgan fingerprint density at radius 2 is 2.31 bits per heavy atom. The number of hydrogen-bond acceptors (Lipinski definition) is 3. The summed E-state index contributed by atoms with van der Waals surface area (Å²) in [6.07, 6.45) is 4.60. The van der Waals surface area contributed by atoms with E-state index in [9.17, 15) is 0 Å². The average Bonchev–Trinajstić information content (AvgIpc) is 2.02. The number of nitrogens with zero attached hydrogens (tertiary/aromatic N) is 1. The van der Waals surface area contributed by atoms with Crippen LogP contribution in [0.15, 0.2) is 0 Å². The van der Waals surface area contributed by atoms with Crippen molar-refractivity contribution in [2.75, 3.05) is 33.3 Å². The molecule has 76 valence electrons. The van der Waals surface area contributed by atoms with Crippen molar-refractivity contribution in [2.45, 2.75) is 31.4 Å². The lowest BCUT2D eigenvalue weighted by Crippen LogP contribution is -2.48. The molecule has 0 bridgehead atoms. The molecule has 0 aromatic heterocycles. The van der Waals surface area contributed by atoms with Gasteiger partial charge in [0.2, 0.25) is 0 Å². The lowest BCUT2D eigenvalue weighted by molar-refractivity contribution is -0.00442. The Morgan fingerprint density at radius 3 is 2.85 bits per heavy atom. The maximum atomic E-state index is 5.66. The van der Waals surface area contributed by atoms with Crippen LogP contribution in [0.4, 0.5) is 0 Å². The Labute approximate surface area is 80.4 Å². The molecule has 13 heavy (non-hydrogen) atoms. The zero-order chi connectivity index (χ0) is 9.10. The predicted octanol–water partition coefficient (Wildman–Crippen LogP) is 0.459. The first kappa shape index (κ1) is 9.44. The van der Waals surface area contributed by atoms with Crippen molar-refractivity contribution in [3.05, 3.63) is 0 Å². The number of rotatable bonds is 3. The van der Waals surface area contributed by atoms with Gasteiger partial charge in [0.1, 0.15) is 0 Å². The number of hydrogen-bond donors (Lipinski definition) is 1. The van der Waals surface area contributed by atoms with Crippen molar-refractivity contribution in [3.8, 4) is 0 Å². The second-order valence-corrected chi connectivity index (χ2v) is 4.22. The third kappa shape index (κ3) is 2.42. The van der Waals surface area contributed by atoms with Crippen LogP contribution in [-0.4, -0.2) is 50.3 Å². The Hall–Kier alpha value is -0.120. The van der Waals surface area contributed by atoms with Gasteiger partial charge in [0.05, 0.1) is 12.7 Å². The van der Waals surface area contributed by atoms with Gasteiger partial charge >= 0.3 is 0 Å². The highest BCUT2D eigenvalue weighted by molar-refractivity contribution is 4.80. The van der Waals surface area contributed by atoms with Crippen LogP contribution in [-0.2, 0) is 4.74 Å². The van der Waals surface area contributed by atoms with E-state index >= 15 is 0 Å². The highest BCUT2D eigenvalue weighted by Gasteiger charge is 2.24. The Bertz CT molecular complexity index is 153. The molecule has 1 heterocycles. The molecule has 1 unspecified atom stereocenters. The summed E-state index contributed by atoms with van der Waals surface area (Å²) in [5.41, 5.74) is 0. The van der Waals surface area contributed by atoms with Crippen molar-refractivity contribution in [1.82, 2.24) is 10.2 Å². The molecule has 1 aliphatic heterocycles. The summed E-state index contributed by atoms with van der Waals surface area (Å²) >= 11 is 0. The number of ether oxygens (including phenoxy) is 1. The molecule has 1 saturated carbocycles. The van der Waals surface area contributed by atoms with E-state index in [-0.39, 0.29) is 0 Å². The number of nitrogens with one attached hydrogen (secondary N) is 1. The van der Waals surface area contributed by atoms with Gasteiger partial charge < -0.3 is 15.0 Å². The molecule has 0 spiro atoms. The van der Waals surface area contributed by atoms with Gasteiger partial charge in [-0.05, 0) is 19.9 Å². The maximum Gasteiger partial charge on any atom is 0.0826 e. The molecule has 3 heteroatoms. The van der Waals surface area contributed by atoms with Crippen LogP contribution in [0.1, 0.15) is 19.3 Å². The molecule has 0 radical (unpaired) electrons. The average molecular weight is 184 g/mol. The second-order valence-electron chi connectivity index (χ2n) is 4.22. The van der Waals surface area contributed by atoms with Crippen LogP contribution >= 0.6 is 0 Å². The van der Waals surface area contributed by atoms with E-state index in [0.29, 0.717) is 6.10 Å². The topological polar surface area (TPSA) is 24.5 Å². The Balaban J connectivity index is 1.69. The number of likely N-dealkylation sites (N-methyl/N-ethyl adjacent to an activating group) is 1. The van der Waals surface area contributed by atoms with Gasteiger partial charge in [0, 0.05) is 25.7 Å². The molecular formula is C10H20N2O. The van der Waals surface area contributed by atoms with E-state index in [1.165, 1.54) is 19.3 Å². The molecule has 3 nitrogen and oxygen atoms in total. The smallest absolute Gasteiger partial charge is 0.0826 e. The maximum absolute atomic E-state index is 5.66. The van der Waals surface area contributed by atoms with Gasteiger partial charge in [-0.2, -0.15) is 0 Å². The fourth-order valence-electron chi connectivity index (χ4n) is 2.03. The minimum atomic E-state index is 0.416. The Morgan fingerprint density at radius 1 is 1.46 bits per heavy atom. The minimum absolute atomic E-state index is 0.416. The van der Waals surface area contributed by atoms with Crippen molar-refractivity contribution in [1.29, 1.82) is 0 Å². The molecule has 2 fully saturated rings. The third-order valence-corrected chi connectivity index (χ3v) is 3.19. The second kappa shape index (κ2) is 4.40. The zero-order valence-corrected chi connectivity index (χ0v) is 8.46. The summed E-state index contributed by atoms with van der Waals surface area (Å²) in [5, 5.41) is 3.36. The molecule has 0 aromatic carbocycles. The lowest BCUT2D eigenvalue weighted by atomic mass is 9.92. The normalized spacial score (nSPS) is 30.5. The summed E-state index contributed by atoms with van der Waals surface area (Å²) in [7, 11) is 2.22. The van der Waals surface area contributed by atoms with Gasteiger partial charge in [-0.3, -0.25) is 0 Å². The quantitative estimate of drug-likeness (QED) is 0.689. The molecular weight excluding hydrogens is 164 g/mol. The summed E-state index contributed by atoms with van der Waals surface area (Å²) in [6, 6.07) is 0.838. The van der Waals surface area contributed by atoms with Gasteiger partial charge in [-0.15, -0.1) is 0 Å². The molecule has 1 N–H and O–H groups in total. The highest BCUT2D eigenvalue weighted by Crippen LogP contribution is 2.23. The summed E-state index contributed by atoms with van der Waals surface area (Å²) in [4.78, 5) is 2.46. The third-order valence-electron chi connectivity index (χ3n) is 3.19. The van der Waals surface area contributed by atoms with Crippen LogP contribution in [0.3, 0.4) is 0 Å². The van der Waals surface area contributed by atoms with Crippen LogP contribution in [0.2, 0.25) is 0 Å². The van der Waals surface area contributed by atoms with Crippen molar-refractivity contribution in [2.24, 2.45) is 0 Å². The molecule has 0 amide bonds. The van der Waals surface area contributed by atoms with Crippen LogP contribution in [0.5, 0.6) is 0 Å². The summed E-state index contributed by atoms with van der Waals surface area (Å²) < 4.78 is 5.66. The number of morpholine rings is 1. The van der Waals surface area contributed by atoms with Gasteiger partial charge in [0.15, 0.2) is 0 Å². The minimum Gasteiger partial charge on any atom is -0.374 e. The largest absolute Gasteiger partial charge is 0.374 e. The van der Waals surface area contributed by atoms with E-state index < -0.39 is 0 Å². The standard InChI is InChI=1S/C10H20N2O/c1-12(9-3-2-4-9)8-10-7-11-5-6-13-10/h9-11H,2-8H2,1H3. The zero-order valence-electron chi connectivity index (χ0n) is 8.46. The molecule has 2 aliphatic rings. The Kier molecular flexibility index (Phi) is 3.19. The molecule has 1 atom stereocenters.